The Labute approximate surface area is 160 Å². The summed E-state index contributed by atoms with van der Waals surface area (Å²) in [6, 6.07) is 14.3. The number of carbonyl (C=O) groups excluding carboxylic acids is 1. The molecule has 0 unspecified atom stereocenters. The highest BCUT2D eigenvalue weighted by Gasteiger charge is 2.31. The fourth-order valence-corrected chi connectivity index (χ4v) is 2.40. The van der Waals surface area contributed by atoms with Gasteiger partial charge in [-0.25, -0.2) is 0 Å². The van der Waals surface area contributed by atoms with Crippen molar-refractivity contribution in [3.05, 3.63) is 84.0 Å². The SMILES string of the molecule is C=CCN(Cc1ccc(C#N)cc1)C(=O)/C=C/c1ccccc1OC(F)(F)F. The zero-order valence-corrected chi connectivity index (χ0v) is 14.8. The molecule has 0 fully saturated rings. The number of ether oxygens (including phenoxy) is 1. The molecule has 0 radical (unpaired) electrons. The number of alkyl halides is 3. The molecule has 0 atom stereocenters. The van der Waals surface area contributed by atoms with Crippen molar-refractivity contribution in [2.75, 3.05) is 6.54 Å². The average Bonchev–Trinajstić information content (AvgIpc) is 2.66. The van der Waals surface area contributed by atoms with Crippen molar-refractivity contribution in [1.82, 2.24) is 4.90 Å². The van der Waals surface area contributed by atoms with Gasteiger partial charge in [0.15, 0.2) is 0 Å². The van der Waals surface area contributed by atoms with Gasteiger partial charge in [0.1, 0.15) is 5.75 Å². The van der Waals surface area contributed by atoms with Gasteiger partial charge in [-0.05, 0) is 29.8 Å². The molecule has 144 valence electrons. The molecule has 0 heterocycles. The van der Waals surface area contributed by atoms with Gasteiger partial charge >= 0.3 is 6.36 Å². The maximum Gasteiger partial charge on any atom is 0.573 e. The summed E-state index contributed by atoms with van der Waals surface area (Å²) < 4.78 is 41.4. The first kappa shape index (κ1) is 20.8. The van der Waals surface area contributed by atoms with Crippen LogP contribution in [0.25, 0.3) is 6.08 Å². The Balaban J connectivity index is 2.15. The fourth-order valence-electron chi connectivity index (χ4n) is 2.40. The van der Waals surface area contributed by atoms with Crippen LogP contribution in [0.5, 0.6) is 5.75 Å². The summed E-state index contributed by atoms with van der Waals surface area (Å²) in [6.45, 7) is 4.14. The molecule has 28 heavy (non-hydrogen) atoms. The molecule has 4 nitrogen and oxygen atoms in total. The van der Waals surface area contributed by atoms with Crippen LogP contribution in [0.3, 0.4) is 0 Å². The van der Waals surface area contributed by atoms with Gasteiger partial charge in [-0.15, -0.1) is 19.8 Å². The van der Waals surface area contributed by atoms with Crippen molar-refractivity contribution in [2.45, 2.75) is 12.9 Å². The molecule has 2 rings (SSSR count). The van der Waals surface area contributed by atoms with Gasteiger partial charge in [0, 0.05) is 24.7 Å². The van der Waals surface area contributed by atoms with Crippen LogP contribution >= 0.6 is 0 Å². The Bertz CT molecular complexity index is 897. The lowest BCUT2D eigenvalue weighted by molar-refractivity contribution is -0.274. The number of benzene rings is 2. The number of amides is 1. The third-order valence-corrected chi connectivity index (χ3v) is 3.67. The van der Waals surface area contributed by atoms with E-state index in [1.807, 2.05) is 6.07 Å². The number of carbonyl (C=O) groups is 1. The van der Waals surface area contributed by atoms with Crippen molar-refractivity contribution in [1.29, 1.82) is 5.26 Å². The van der Waals surface area contributed by atoms with E-state index in [4.69, 9.17) is 5.26 Å². The fraction of sp³-hybridized carbons (Fsp3) is 0.143. The minimum absolute atomic E-state index is 0.130. The van der Waals surface area contributed by atoms with Crippen LogP contribution < -0.4 is 4.74 Å². The van der Waals surface area contributed by atoms with Crippen LogP contribution in [-0.4, -0.2) is 23.7 Å². The van der Waals surface area contributed by atoms with Gasteiger partial charge < -0.3 is 9.64 Å². The van der Waals surface area contributed by atoms with E-state index in [0.29, 0.717) is 5.56 Å². The van der Waals surface area contributed by atoms with E-state index in [0.717, 1.165) is 5.56 Å². The van der Waals surface area contributed by atoms with Crippen molar-refractivity contribution in [3.63, 3.8) is 0 Å². The number of halogens is 3. The van der Waals surface area contributed by atoms with E-state index in [1.54, 1.807) is 36.4 Å². The van der Waals surface area contributed by atoms with Crippen LogP contribution in [0.15, 0.2) is 67.3 Å². The molecule has 0 aromatic heterocycles. The normalized spacial score (nSPS) is 11.1. The Morgan fingerprint density at radius 1 is 1.18 bits per heavy atom. The summed E-state index contributed by atoms with van der Waals surface area (Å²) in [5.41, 5.74) is 1.44. The standard InChI is InChI=1S/C21H17F3N2O2/c1-2-13-26(15-17-9-7-16(14-25)8-10-17)20(27)12-11-18-5-3-4-6-19(18)28-21(22,23)24/h2-12H,1,13,15H2/b12-11+. The molecular weight excluding hydrogens is 369 g/mol. The number of para-hydroxylation sites is 1. The van der Waals surface area contributed by atoms with Crippen molar-refractivity contribution >= 4 is 12.0 Å². The van der Waals surface area contributed by atoms with E-state index < -0.39 is 12.3 Å². The molecule has 0 aliphatic heterocycles. The second-order valence-electron chi connectivity index (χ2n) is 5.74. The van der Waals surface area contributed by atoms with Gasteiger partial charge in [-0.1, -0.05) is 36.4 Å². The predicted molar refractivity (Wildman–Crippen MR) is 98.9 cm³/mol. The summed E-state index contributed by atoms with van der Waals surface area (Å²) in [5.74, 6) is -0.785. The van der Waals surface area contributed by atoms with Gasteiger partial charge in [0.05, 0.1) is 11.6 Å². The molecule has 1 amide bonds. The lowest BCUT2D eigenvalue weighted by Crippen LogP contribution is -2.29. The highest BCUT2D eigenvalue weighted by molar-refractivity contribution is 5.92. The van der Waals surface area contributed by atoms with Gasteiger partial charge in [-0.3, -0.25) is 4.79 Å². The molecule has 0 aliphatic carbocycles. The Hall–Kier alpha value is -3.53. The molecule has 0 N–H and O–H groups in total. The molecular formula is C21H17F3N2O2. The first-order valence-electron chi connectivity index (χ1n) is 8.24. The van der Waals surface area contributed by atoms with Gasteiger partial charge in [-0.2, -0.15) is 5.26 Å². The molecule has 0 saturated heterocycles. The average molecular weight is 386 g/mol. The summed E-state index contributed by atoms with van der Waals surface area (Å²) >= 11 is 0. The molecule has 0 saturated carbocycles. The maximum absolute atomic E-state index is 12.5. The Morgan fingerprint density at radius 2 is 1.86 bits per heavy atom. The van der Waals surface area contributed by atoms with Crippen LogP contribution in [0.2, 0.25) is 0 Å². The number of nitriles is 1. The summed E-state index contributed by atoms with van der Waals surface area (Å²) in [4.78, 5) is 14.0. The van der Waals surface area contributed by atoms with Crippen LogP contribution in [-0.2, 0) is 11.3 Å². The van der Waals surface area contributed by atoms with Gasteiger partial charge in [0.2, 0.25) is 5.91 Å². The number of nitrogens with zero attached hydrogens (tertiary/aromatic N) is 2. The molecule has 0 spiro atoms. The predicted octanol–water partition coefficient (Wildman–Crippen LogP) is 4.68. The second-order valence-corrected chi connectivity index (χ2v) is 5.74. The number of rotatable bonds is 7. The molecule has 0 bridgehead atoms. The summed E-state index contributed by atoms with van der Waals surface area (Å²) in [5, 5.41) is 8.84. The highest BCUT2D eigenvalue weighted by atomic mass is 19.4. The monoisotopic (exact) mass is 386 g/mol. The minimum atomic E-state index is -4.82. The van der Waals surface area contributed by atoms with Crippen LogP contribution in [0, 0.1) is 11.3 Å². The van der Waals surface area contributed by atoms with Gasteiger partial charge in [0.25, 0.3) is 0 Å². The first-order valence-corrected chi connectivity index (χ1v) is 8.24. The third kappa shape index (κ3) is 6.32. The summed E-state index contributed by atoms with van der Waals surface area (Å²) in [6.07, 6.45) is -0.807. The van der Waals surface area contributed by atoms with Crippen molar-refractivity contribution < 1.29 is 22.7 Å². The maximum atomic E-state index is 12.5. The zero-order valence-electron chi connectivity index (χ0n) is 14.8. The molecule has 0 aliphatic rings. The smallest absolute Gasteiger partial charge is 0.405 e. The van der Waals surface area contributed by atoms with E-state index in [1.165, 1.54) is 35.3 Å². The molecule has 7 heteroatoms. The van der Waals surface area contributed by atoms with E-state index in [-0.39, 0.29) is 24.4 Å². The van der Waals surface area contributed by atoms with Crippen molar-refractivity contribution in [3.8, 4) is 11.8 Å². The highest BCUT2D eigenvalue weighted by Crippen LogP contribution is 2.27. The van der Waals surface area contributed by atoms with E-state index in [2.05, 4.69) is 11.3 Å². The lowest BCUT2D eigenvalue weighted by Gasteiger charge is -2.19. The van der Waals surface area contributed by atoms with E-state index >= 15 is 0 Å². The largest absolute Gasteiger partial charge is 0.573 e. The third-order valence-electron chi connectivity index (χ3n) is 3.67. The quantitative estimate of drug-likeness (QED) is 0.513. The Morgan fingerprint density at radius 3 is 2.46 bits per heavy atom. The second kappa shape index (κ2) is 9.42. The zero-order chi connectivity index (χ0) is 20.6. The van der Waals surface area contributed by atoms with E-state index in [9.17, 15) is 18.0 Å². The van der Waals surface area contributed by atoms with Crippen LogP contribution in [0.4, 0.5) is 13.2 Å². The molecule has 2 aromatic rings. The summed E-state index contributed by atoms with van der Waals surface area (Å²) in [7, 11) is 0. The minimum Gasteiger partial charge on any atom is -0.405 e. The Kier molecular flexibility index (Phi) is 6.99. The van der Waals surface area contributed by atoms with Crippen LogP contribution in [0.1, 0.15) is 16.7 Å². The molecule has 2 aromatic carbocycles. The lowest BCUT2D eigenvalue weighted by atomic mass is 10.1. The van der Waals surface area contributed by atoms with Crippen molar-refractivity contribution in [2.24, 2.45) is 0 Å². The number of hydrogen-bond acceptors (Lipinski definition) is 3. The topological polar surface area (TPSA) is 53.3 Å². The number of hydrogen-bond donors (Lipinski definition) is 0. The first-order chi connectivity index (χ1) is 13.3.